The second-order valence-electron chi connectivity index (χ2n) is 5.90. The number of nitriles is 1. The summed E-state index contributed by atoms with van der Waals surface area (Å²) >= 11 is 0. The van der Waals surface area contributed by atoms with Gasteiger partial charge in [-0.15, -0.1) is 0 Å². The number of amides is 1. The first kappa shape index (κ1) is 16.8. The second-order valence-corrected chi connectivity index (χ2v) is 5.90. The average molecular weight is 339 g/mol. The Hall–Kier alpha value is -3.01. The van der Waals surface area contributed by atoms with Crippen LogP contribution in [0.5, 0.6) is 0 Å². The van der Waals surface area contributed by atoms with Crippen LogP contribution in [0.1, 0.15) is 17.7 Å². The number of hydrogen-bond acceptors (Lipinski definition) is 5. The SMILES string of the molecule is N#Cc1cnc(N2CCCN(C(=O)Cc3cccc(F)c3)CC2)cn1. The molecule has 1 aromatic carbocycles. The summed E-state index contributed by atoms with van der Waals surface area (Å²) in [7, 11) is 0. The van der Waals surface area contributed by atoms with Gasteiger partial charge in [0.25, 0.3) is 0 Å². The average Bonchev–Trinajstić information content (AvgIpc) is 2.88. The van der Waals surface area contributed by atoms with Gasteiger partial charge in [0.1, 0.15) is 17.7 Å². The van der Waals surface area contributed by atoms with Crippen molar-refractivity contribution < 1.29 is 9.18 Å². The molecule has 1 aromatic heterocycles. The van der Waals surface area contributed by atoms with Crippen molar-refractivity contribution in [3.8, 4) is 6.07 Å². The van der Waals surface area contributed by atoms with Gasteiger partial charge in [0.05, 0.1) is 18.8 Å². The Bertz CT molecular complexity index is 787. The summed E-state index contributed by atoms with van der Waals surface area (Å²) in [6, 6.07) is 8.09. The summed E-state index contributed by atoms with van der Waals surface area (Å²) < 4.78 is 13.3. The summed E-state index contributed by atoms with van der Waals surface area (Å²) in [5.41, 5.74) is 0.967. The molecule has 0 N–H and O–H groups in total. The fraction of sp³-hybridized carbons (Fsp3) is 0.333. The molecule has 0 radical (unpaired) electrons. The van der Waals surface area contributed by atoms with Crippen LogP contribution in [0.15, 0.2) is 36.7 Å². The molecule has 1 amide bonds. The number of benzene rings is 1. The van der Waals surface area contributed by atoms with Crippen molar-refractivity contribution in [1.29, 1.82) is 5.26 Å². The molecular weight excluding hydrogens is 321 g/mol. The molecule has 1 aliphatic heterocycles. The predicted molar refractivity (Wildman–Crippen MR) is 90.3 cm³/mol. The van der Waals surface area contributed by atoms with Crippen LogP contribution in [0.3, 0.4) is 0 Å². The third-order valence-corrected chi connectivity index (χ3v) is 4.17. The summed E-state index contributed by atoms with van der Waals surface area (Å²) in [6.07, 6.45) is 4.06. The van der Waals surface area contributed by atoms with Crippen molar-refractivity contribution in [3.05, 3.63) is 53.7 Å². The summed E-state index contributed by atoms with van der Waals surface area (Å²) in [5, 5.41) is 8.78. The van der Waals surface area contributed by atoms with Crippen molar-refractivity contribution in [2.24, 2.45) is 0 Å². The van der Waals surface area contributed by atoms with Gasteiger partial charge in [-0.05, 0) is 24.1 Å². The minimum absolute atomic E-state index is 0.00152. The molecule has 25 heavy (non-hydrogen) atoms. The number of aromatic nitrogens is 2. The molecule has 0 aliphatic carbocycles. The highest BCUT2D eigenvalue weighted by molar-refractivity contribution is 5.78. The lowest BCUT2D eigenvalue weighted by Crippen LogP contribution is -2.36. The van der Waals surface area contributed by atoms with Crippen molar-refractivity contribution in [2.75, 3.05) is 31.1 Å². The number of rotatable bonds is 3. The third-order valence-electron chi connectivity index (χ3n) is 4.17. The highest BCUT2D eigenvalue weighted by Gasteiger charge is 2.20. The molecule has 0 unspecified atom stereocenters. The van der Waals surface area contributed by atoms with Gasteiger partial charge < -0.3 is 9.80 Å². The Balaban J connectivity index is 1.60. The molecule has 2 aromatic rings. The van der Waals surface area contributed by atoms with E-state index in [-0.39, 0.29) is 23.8 Å². The zero-order valence-electron chi connectivity index (χ0n) is 13.7. The van der Waals surface area contributed by atoms with Crippen LogP contribution >= 0.6 is 0 Å². The topological polar surface area (TPSA) is 73.1 Å². The summed E-state index contributed by atoms with van der Waals surface area (Å²) in [5.74, 6) is 0.378. The Morgan fingerprint density at radius 2 is 2.08 bits per heavy atom. The van der Waals surface area contributed by atoms with Crippen LogP contribution in [0.4, 0.5) is 10.2 Å². The van der Waals surface area contributed by atoms with Crippen LogP contribution in [-0.4, -0.2) is 47.0 Å². The fourth-order valence-electron chi connectivity index (χ4n) is 2.87. The van der Waals surface area contributed by atoms with Gasteiger partial charge in [-0.1, -0.05) is 12.1 Å². The molecule has 3 rings (SSSR count). The van der Waals surface area contributed by atoms with E-state index in [1.165, 1.54) is 18.3 Å². The van der Waals surface area contributed by atoms with E-state index >= 15 is 0 Å². The van der Waals surface area contributed by atoms with E-state index in [0.717, 1.165) is 13.0 Å². The Morgan fingerprint density at radius 3 is 2.80 bits per heavy atom. The maximum atomic E-state index is 13.3. The van der Waals surface area contributed by atoms with E-state index in [4.69, 9.17) is 5.26 Å². The number of nitrogens with zero attached hydrogens (tertiary/aromatic N) is 5. The molecule has 0 spiro atoms. The van der Waals surface area contributed by atoms with Gasteiger partial charge in [-0.3, -0.25) is 4.79 Å². The van der Waals surface area contributed by atoms with Gasteiger partial charge in [-0.25, -0.2) is 14.4 Å². The quantitative estimate of drug-likeness (QED) is 0.852. The van der Waals surface area contributed by atoms with Crippen LogP contribution in [0.2, 0.25) is 0 Å². The third kappa shape index (κ3) is 4.29. The van der Waals surface area contributed by atoms with Gasteiger partial charge >= 0.3 is 0 Å². The van der Waals surface area contributed by atoms with Crippen molar-refractivity contribution in [2.45, 2.75) is 12.8 Å². The summed E-state index contributed by atoms with van der Waals surface area (Å²) in [4.78, 5) is 24.6. The van der Waals surface area contributed by atoms with E-state index in [1.54, 1.807) is 18.3 Å². The molecule has 128 valence electrons. The number of carbonyl (C=O) groups is 1. The van der Waals surface area contributed by atoms with E-state index < -0.39 is 0 Å². The fourth-order valence-corrected chi connectivity index (χ4v) is 2.87. The van der Waals surface area contributed by atoms with Crippen molar-refractivity contribution in [3.63, 3.8) is 0 Å². The Kier molecular flexibility index (Phi) is 5.19. The standard InChI is InChI=1S/C18H18FN5O/c19-15-4-1-3-14(9-15)10-18(25)24-6-2-5-23(7-8-24)17-13-21-16(11-20)12-22-17/h1,3-4,9,12-13H,2,5-8,10H2. The molecule has 1 fully saturated rings. The molecule has 6 nitrogen and oxygen atoms in total. The van der Waals surface area contributed by atoms with E-state index in [9.17, 15) is 9.18 Å². The largest absolute Gasteiger partial charge is 0.354 e. The zero-order valence-corrected chi connectivity index (χ0v) is 13.7. The lowest BCUT2D eigenvalue weighted by Gasteiger charge is -2.22. The molecular formula is C18H18FN5O. The van der Waals surface area contributed by atoms with Gasteiger partial charge in [0.2, 0.25) is 5.91 Å². The highest BCUT2D eigenvalue weighted by Crippen LogP contribution is 2.14. The number of carbonyl (C=O) groups excluding carboxylic acids is 1. The maximum absolute atomic E-state index is 13.3. The van der Waals surface area contributed by atoms with Crippen molar-refractivity contribution in [1.82, 2.24) is 14.9 Å². The van der Waals surface area contributed by atoms with Crippen LogP contribution in [0, 0.1) is 17.1 Å². The summed E-state index contributed by atoms with van der Waals surface area (Å²) in [6.45, 7) is 2.66. The van der Waals surface area contributed by atoms with E-state index in [2.05, 4.69) is 14.9 Å². The van der Waals surface area contributed by atoms with E-state index in [0.29, 0.717) is 31.0 Å². The maximum Gasteiger partial charge on any atom is 0.227 e. The number of anilines is 1. The monoisotopic (exact) mass is 339 g/mol. The first-order chi connectivity index (χ1) is 12.2. The lowest BCUT2D eigenvalue weighted by molar-refractivity contribution is -0.130. The first-order valence-electron chi connectivity index (χ1n) is 8.15. The van der Waals surface area contributed by atoms with Gasteiger partial charge in [0, 0.05) is 26.2 Å². The molecule has 0 saturated carbocycles. The van der Waals surface area contributed by atoms with Crippen LogP contribution < -0.4 is 4.90 Å². The predicted octanol–water partition coefficient (Wildman–Crippen LogP) is 1.77. The minimum Gasteiger partial charge on any atom is -0.354 e. The number of hydrogen-bond donors (Lipinski definition) is 0. The van der Waals surface area contributed by atoms with Crippen LogP contribution in [-0.2, 0) is 11.2 Å². The molecule has 1 saturated heterocycles. The molecule has 7 heteroatoms. The Labute approximate surface area is 145 Å². The number of halogens is 1. The van der Waals surface area contributed by atoms with Crippen molar-refractivity contribution >= 4 is 11.7 Å². The molecule has 2 heterocycles. The first-order valence-corrected chi connectivity index (χ1v) is 8.15. The molecule has 0 atom stereocenters. The second kappa shape index (κ2) is 7.71. The van der Waals surface area contributed by atoms with Gasteiger partial charge in [0.15, 0.2) is 5.69 Å². The van der Waals surface area contributed by atoms with Crippen LogP contribution in [0.25, 0.3) is 0 Å². The molecule has 1 aliphatic rings. The smallest absolute Gasteiger partial charge is 0.227 e. The zero-order chi connectivity index (χ0) is 17.6. The normalized spacial score (nSPS) is 14.7. The highest BCUT2D eigenvalue weighted by atomic mass is 19.1. The van der Waals surface area contributed by atoms with Gasteiger partial charge in [-0.2, -0.15) is 5.26 Å². The lowest BCUT2D eigenvalue weighted by atomic mass is 10.1. The van der Waals surface area contributed by atoms with E-state index in [1.807, 2.05) is 11.0 Å². The minimum atomic E-state index is -0.327. The molecule has 0 bridgehead atoms. The Morgan fingerprint density at radius 1 is 1.20 bits per heavy atom.